The Balaban J connectivity index is 0. The first kappa shape index (κ1) is 16.8. The Morgan fingerprint density at radius 1 is 1.13 bits per heavy atom. The van der Waals surface area contributed by atoms with Gasteiger partial charge in [0.15, 0.2) is 0 Å². The van der Waals surface area contributed by atoms with E-state index in [1.54, 1.807) is 0 Å². The predicted molar refractivity (Wildman–Crippen MR) is 65.0 cm³/mol. The van der Waals surface area contributed by atoms with Crippen LogP contribution in [0.2, 0.25) is 0 Å². The second-order valence-corrected chi connectivity index (χ2v) is 2.94. The maximum absolute atomic E-state index is 11.0. The number of hydrogen-bond donors (Lipinski definition) is 0. The van der Waals surface area contributed by atoms with Gasteiger partial charge in [0, 0.05) is 6.42 Å². The van der Waals surface area contributed by atoms with Gasteiger partial charge in [0.1, 0.15) is 0 Å². The number of nitrogens with zero attached hydrogens (tertiary/aromatic N) is 1. The third-order valence-corrected chi connectivity index (χ3v) is 2.05. The summed E-state index contributed by atoms with van der Waals surface area (Å²) in [6.07, 6.45) is 1.45. The fourth-order valence-electron chi connectivity index (χ4n) is 1.22. The van der Waals surface area contributed by atoms with Gasteiger partial charge in [-0.05, 0) is 33.0 Å². The number of rotatable bonds is 7. The van der Waals surface area contributed by atoms with Crippen LogP contribution in [0.5, 0.6) is 0 Å². The van der Waals surface area contributed by atoms with Crippen LogP contribution in [0.3, 0.4) is 0 Å². The van der Waals surface area contributed by atoms with E-state index >= 15 is 0 Å². The first-order valence-electron chi connectivity index (χ1n) is 6.12. The number of esters is 1. The van der Waals surface area contributed by atoms with Gasteiger partial charge in [-0.2, -0.15) is 0 Å². The molecule has 92 valence electrons. The molecule has 0 spiro atoms. The van der Waals surface area contributed by atoms with E-state index in [9.17, 15) is 4.79 Å². The Morgan fingerprint density at radius 3 is 2.07 bits per heavy atom. The first-order chi connectivity index (χ1) is 7.24. The van der Waals surface area contributed by atoms with Crippen molar-refractivity contribution in [3.8, 4) is 0 Å². The SMILES string of the molecule is CC.CCOC(=O)CCCN(CC)CC. The zero-order chi connectivity index (χ0) is 12.1. The zero-order valence-electron chi connectivity index (χ0n) is 11.0. The van der Waals surface area contributed by atoms with Gasteiger partial charge >= 0.3 is 5.97 Å². The van der Waals surface area contributed by atoms with E-state index in [0.29, 0.717) is 13.0 Å². The first-order valence-corrected chi connectivity index (χ1v) is 6.12. The van der Waals surface area contributed by atoms with Crippen molar-refractivity contribution in [3.05, 3.63) is 0 Å². The van der Waals surface area contributed by atoms with Crippen LogP contribution in [-0.4, -0.2) is 37.1 Å². The molecule has 0 bridgehead atoms. The van der Waals surface area contributed by atoms with Gasteiger partial charge in [0.25, 0.3) is 0 Å². The van der Waals surface area contributed by atoms with Gasteiger partial charge in [0.05, 0.1) is 6.61 Å². The van der Waals surface area contributed by atoms with Crippen LogP contribution < -0.4 is 0 Å². The van der Waals surface area contributed by atoms with E-state index < -0.39 is 0 Å². The van der Waals surface area contributed by atoms with Gasteiger partial charge in [-0.1, -0.05) is 27.7 Å². The second-order valence-electron chi connectivity index (χ2n) is 2.94. The molecule has 0 aromatic rings. The highest BCUT2D eigenvalue weighted by Crippen LogP contribution is 1.96. The minimum Gasteiger partial charge on any atom is -0.466 e. The predicted octanol–water partition coefficient (Wildman–Crippen LogP) is 2.70. The van der Waals surface area contributed by atoms with Crippen LogP contribution in [0.15, 0.2) is 0 Å². The summed E-state index contributed by atoms with van der Waals surface area (Å²) in [7, 11) is 0. The molecular weight excluding hydrogens is 190 g/mol. The molecule has 0 aliphatic heterocycles. The summed E-state index contributed by atoms with van der Waals surface area (Å²) in [5.41, 5.74) is 0. The lowest BCUT2D eigenvalue weighted by Gasteiger charge is -2.16. The third-order valence-electron chi connectivity index (χ3n) is 2.05. The summed E-state index contributed by atoms with van der Waals surface area (Å²) < 4.78 is 4.83. The summed E-state index contributed by atoms with van der Waals surface area (Å²) in [4.78, 5) is 13.3. The third kappa shape index (κ3) is 11.4. The number of hydrogen-bond acceptors (Lipinski definition) is 3. The highest BCUT2D eigenvalue weighted by Gasteiger charge is 2.03. The monoisotopic (exact) mass is 217 g/mol. The molecule has 3 heteroatoms. The fraction of sp³-hybridized carbons (Fsp3) is 0.917. The van der Waals surface area contributed by atoms with Crippen molar-refractivity contribution in [2.75, 3.05) is 26.2 Å². The summed E-state index contributed by atoms with van der Waals surface area (Å²) in [5, 5.41) is 0. The van der Waals surface area contributed by atoms with Crippen LogP contribution in [-0.2, 0) is 9.53 Å². The van der Waals surface area contributed by atoms with Crippen molar-refractivity contribution < 1.29 is 9.53 Å². The molecular formula is C12H27NO2. The van der Waals surface area contributed by atoms with Crippen LogP contribution in [0, 0.1) is 0 Å². The normalized spacial score (nSPS) is 9.47. The van der Waals surface area contributed by atoms with Crippen molar-refractivity contribution >= 4 is 5.97 Å². The Labute approximate surface area is 94.8 Å². The molecule has 0 unspecified atom stereocenters. The molecule has 0 aliphatic carbocycles. The molecule has 0 atom stereocenters. The molecule has 0 aromatic carbocycles. The van der Waals surface area contributed by atoms with E-state index in [1.807, 2.05) is 20.8 Å². The number of carbonyl (C=O) groups is 1. The van der Waals surface area contributed by atoms with Crippen LogP contribution in [0.1, 0.15) is 47.5 Å². The van der Waals surface area contributed by atoms with Crippen LogP contribution in [0.25, 0.3) is 0 Å². The average molecular weight is 217 g/mol. The molecule has 0 saturated heterocycles. The average Bonchev–Trinajstić information content (AvgIpc) is 2.28. The lowest BCUT2D eigenvalue weighted by Crippen LogP contribution is -2.24. The lowest BCUT2D eigenvalue weighted by molar-refractivity contribution is -0.143. The molecule has 0 radical (unpaired) electrons. The Bertz CT molecular complexity index is 134. The molecule has 0 heterocycles. The molecule has 0 saturated carbocycles. The topological polar surface area (TPSA) is 29.5 Å². The molecule has 0 amide bonds. The minimum atomic E-state index is -0.0744. The molecule has 0 aromatic heterocycles. The quantitative estimate of drug-likeness (QED) is 0.614. The summed E-state index contributed by atoms with van der Waals surface area (Å²) in [6.45, 7) is 13.7. The highest BCUT2D eigenvalue weighted by molar-refractivity contribution is 5.69. The second kappa shape index (κ2) is 13.4. The van der Waals surface area contributed by atoms with Crippen LogP contribution in [0.4, 0.5) is 0 Å². The van der Waals surface area contributed by atoms with E-state index in [2.05, 4.69) is 18.7 Å². The van der Waals surface area contributed by atoms with E-state index in [4.69, 9.17) is 4.74 Å². The standard InChI is InChI=1S/C10H21NO2.C2H6/c1-4-11(5-2)9-7-8-10(12)13-6-3;1-2/h4-9H2,1-3H3;1-2H3. The largest absolute Gasteiger partial charge is 0.466 e. The zero-order valence-corrected chi connectivity index (χ0v) is 11.0. The molecule has 0 N–H and O–H groups in total. The van der Waals surface area contributed by atoms with Gasteiger partial charge in [0.2, 0.25) is 0 Å². The lowest BCUT2D eigenvalue weighted by atomic mass is 10.3. The maximum atomic E-state index is 11.0. The minimum absolute atomic E-state index is 0.0744. The number of ether oxygens (including phenoxy) is 1. The summed E-state index contributed by atoms with van der Waals surface area (Å²) in [5.74, 6) is -0.0744. The fourth-order valence-corrected chi connectivity index (χ4v) is 1.22. The van der Waals surface area contributed by atoms with Gasteiger partial charge in [-0.15, -0.1) is 0 Å². The van der Waals surface area contributed by atoms with Gasteiger partial charge < -0.3 is 9.64 Å². The molecule has 15 heavy (non-hydrogen) atoms. The van der Waals surface area contributed by atoms with Crippen molar-refractivity contribution in [2.24, 2.45) is 0 Å². The van der Waals surface area contributed by atoms with Crippen molar-refractivity contribution in [2.45, 2.75) is 47.5 Å². The van der Waals surface area contributed by atoms with Crippen molar-refractivity contribution in [1.82, 2.24) is 4.90 Å². The van der Waals surface area contributed by atoms with Crippen LogP contribution >= 0.6 is 0 Å². The number of carbonyl (C=O) groups excluding carboxylic acids is 1. The Kier molecular flexibility index (Phi) is 15.1. The molecule has 0 fully saturated rings. The smallest absolute Gasteiger partial charge is 0.305 e. The van der Waals surface area contributed by atoms with Crippen molar-refractivity contribution in [1.29, 1.82) is 0 Å². The maximum Gasteiger partial charge on any atom is 0.305 e. The van der Waals surface area contributed by atoms with E-state index in [-0.39, 0.29) is 5.97 Å². The molecule has 3 nitrogen and oxygen atoms in total. The van der Waals surface area contributed by atoms with E-state index in [0.717, 1.165) is 26.1 Å². The summed E-state index contributed by atoms with van der Waals surface area (Å²) >= 11 is 0. The Hall–Kier alpha value is -0.570. The van der Waals surface area contributed by atoms with Gasteiger partial charge in [-0.25, -0.2) is 0 Å². The van der Waals surface area contributed by atoms with Gasteiger partial charge in [-0.3, -0.25) is 4.79 Å². The Morgan fingerprint density at radius 2 is 1.67 bits per heavy atom. The van der Waals surface area contributed by atoms with Crippen molar-refractivity contribution in [3.63, 3.8) is 0 Å². The summed E-state index contributed by atoms with van der Waals surface area (Å²) in [6, 6.07) is 0. The highest BCUT2D eigenvalue weighted by atomic mass is 16.5. The molecule has 0 rings (SSSR count). The molecule has 0 aliphatic rings. The van der Waals surface area contributed by atoms with E-state index in [1.165, 1.54) is 0 Å².